The normalized spacial score (nSPS) is 12.2. The molecule has 3 amide bonds. The van der Waals surface area contributed by atoms with Crippen molar-refractivity contribution in [2.24, 2.45) is 5.92 Å². The lowest BCUT2D eigenvalue weighted by molar-refractivity contribution is -0.207. The predicted molar refractivity (Wildman–Crippen MR) is 176 cm³/mol. The molecular weight excluding hydrogens is 582 g/mol. The van der Waals surface area contributed by atoms with E-state index in [1.54, 1.807) is 12.1 Å². The van der Waals surface area contributed by atoms with Gasteiger partial charge < -0.3 is 19.8 Å². The zero-order valence-electron chi connectivity index (χ0n) is 26.3. The van der Waals surface area contributed by atoms with Crippen molar-refractivity contribution >= 4 is 18.2 Å². The Labute approximate surface area is 270 Å². The number of hydrogen-bond acceptors (Lipinski definition) is 6. The lowest BCUT2D eigenvalue weighted by Crippen LogP contribution is -2.50. The molecule has 1 aromatic heterocycles. The quantitative estimate of drug-likeness (QED) is 0.0502. The van der Waals surface area contributed by atoms with Crippen molar-refractivity contribution in [3.63, 3.8) is 0 Å². The summed E-state index contributed by atoms with van der Waals surface area (Å²) < 4.78 is 11.8. The van der Waals surface area contributed by atoms with Gasteiger partial charge in [0.15, 0.2) is 5.76 Å². The van der Waals surface area contributed by atoms with Crippen LogP contribution in [0.25, 0.3) is 11.3 Å². The lowest BCUT2D eigenvalue weighted by Gasteiger charge is -2.33. The molecule has 0 unspecified atom stereocenters. The van der Waals surface area contributed by atoms with Crippen LogP contribution in [-0.2, 0) is 32.4 Å². The SMILES string of the molecule is CCCCCC[C@@H](C(=O)NCNC(=O)c1ccc(-c2ccccc2)o1)[C@@H](COCc1ccccc1)N(C=O)OCc1ccccc1. The number of benzene rings is 3. The van der Waals surface area contributed by atoms with E-state index in [0.717, 1.165) is 42.4 Å². The van der Waals surface area contributed by atoms with E-state index in [2.05, 4.69) is 17.6 Å². The summed E-state index contributed by atoms with van der Waals surface area (Å²) in [5, 5.41) is 6.75. The second kappa shape index (κ2) is 18.9. The summed E-state index contributed by atoms with van der Waals surface area (Å²) in [7, 11) is 0. The maximum atomic E-state index is 13.7. The van der Waals surface area contributed by atoms with Crippen LogP contribution in [0.1, 0.15) is 60.7 Å². The Kier molecular flexibility index (Phi) is 14.1. The van der Waals surface area contributed by atoms with E-state index in [1.165, 1.54) is 5.06 Å². The highest BCUT2D eigenvalue weighted by Crippen LogP contribution is 2.23. The number of hydrogen-bond donors (Lipinski definition) is 2. The largest absolute Gasteiger partial charge is 0.451 e. The number of nitrogens with zero attached hydrogens (tertiary/aromatic N) is 1. The van der Waals surface area contributed by atoms with E-state index in [-0.39, 0.29) is 31.5 Å². The van der Waals surface area contributed by atoms with Gasteiger partial charge >= 0.3 is 0 Å². The third-order valence-corrected chi connectivity index (χ3v) is 7.62. The van der Waals surface area contributed by atoms with E-state index >= 15 is 0 Å². The number of unbranched alkanes of at least 4 members (excludes halogenated alkanes) is 3. The van der Waals surface area contributed by atoms with Crippen molar-refractivity contribution in [1.82, 2.24) is 15.7 Å². The summed E-state index contributed by atoms with van der Waals surface area (Å²) >= 11 is 0. The highest BCUT2D eigenvalue weighted by molar-refractivity contribution is 5.92. The average Bonchev–Trinajstić information content (AvgIpc) is 3.60. The average molecular weight is 626 g/mol. The molecule has 0 bridgehead atoms. The first-order chi connectivity index (χ1) is 22.6. The summed E-state index contributed by atoms with van der Waals surface area (Å²) in [5.74, 6) is -0.712. The molecule has 4 aromatic rings. The monoisotopic (exact) mass is 625 g/mol. The van der Waals surface area contributed by atoms with Crippen molar-refractivity contribution in [3.8, 4) is 11.3 Å². The smallest absolute Gasteiger partial charge is 0.288 e. The van der Waals surface area contributed by atoms with Gasteiger partial charge in [0.1, 0.15) is 12.4 Å². The molecular formula is C37H43N3O6. The minimum Gasteiger partial charge on any atom is -0.451 e. The van der Waals surface area contributed by atoms with Gasteiger partial charge in [-0.15, -0.1) is 0 Å². The van der Waals surface area contributed by atoms with Gasteiger partial charge in [-0.1, -0.05) is 124 Å². The number of furan rings is 1. The number of amides is 3. The molecule has 0 spiro atoms. The maximum Gasteiger partial charge on any atom is 0.288 e. The van der Waals surface area contributed by atoms with Crippen LogP contribution in [0.15, 0.2) is 108 Å². The summed E-state index contributed by atoms with van der Waals surface area (Å²) in [6.45, 7) is 2.56. The highest BCUT2D eigenvalue weighted by Gasteiger charge is 2.33. The third kappa shape index (κ3) is 10.7. The Morgan fingerprint density at radius 1 is 0.804 bits per heavy atom. The van der Waals surface area contributed by atoms with Gasteiger partial charge in [-0.25, -0.2) is 5.06 Å². The molecule has 0 aliphatic rings. The number of rotatable bonds is 20. The fraction of sp³-hybridized carbons (Fsp3) is 0.324. The Morgan fingerprint density at radius 3 is 2.11 bits per heavy atom. The van der Waals surface area contributed by atoms with Crippen LogP contribution in [0.2, 0.25) is 0 Å². The number of ether oxygens (including phenoxy) is 1. The zero-order valence-corrected chi connectivity index (χ0v) is 26.3. The van der Waals surface area contributed by atoms with Gasteiger partial charge in [0, 0.05) is 5.56 Å². The molecule has 0 radical (unpaired) electrons. The number of carbonyl (C=O) groups excluding carboxylic acids is 3. The van der Waals surface area contributed by atoms with Gasteiger partial charge in [-0.2, -0.15) is 0 Å². The molecule has 0 aliphatic carbocycles. The van der Waals surface area contributed by atoms with E-state index in [9.17, 15) is 14.4 Å². The Hall–Kier alpha value is -4.73. The molecule has 2 atom stereocenters. The Morgan fingerprint density at radius 2 is 1.46 bits per heavy atom. The van der Waals surface area contributed by atoms with E-state index < -0.39 is 17.9 Å². The highest BCUT2D eigenvalue weighted by atomic mass is 16.7. The van der Waals surface area contributed by atoms with Crippen LogP contribution in [-0.4, -0.2) is 42.6 Å². The molecule has 46 heavy (non-hydrogen) atoms. The predicted octanol–water partition coefficient (Wildman–Crippen LogP) is 6.51. The van der Waals surface area contributed by atoms with Gasteiger partial charge in [0.05, 0.1) is 31.8 Å². The molecule has 4 rings (SSSR count). The molecule has 0 saturated carbocycles. The summed E-state index contributed by atoms with van der Waals surface area (Å²) in [5.41, 5.74) is 2.72. The summed E-state index contributed by atoms with van der Waals surface area (Å²) in [4.78, 5) is 44.9. The van der Waals surface area contributed by atoms with Crippen molar-refractivity contribution in [1.29, 1.82) is 0 Å². The van der Waals surface area contributed by atoms with Gasteiger partial charge in [0.25, 0.3) is 5.91 Å². The molecule has 2 N–H and O–H groups in total. The molecule has 0 fully saturated rings. The van der Waals surface area contributed by atoms with Gasteiger partial charge in [-0.3, -0.25) is 19.2 Å². The number of hydroxylamine groups is 2. The fourth-order valence-electron chi connectivity index (χ4n) is 5.10. The standard InChI is InChI=1S/C37H43N3O6/c1-2-3-4-14-21-32(36(42)38-27-39-37(43)35-23-22-34(46-35)31-19-12-7-13-20-31)33(26-44-24-29-15-8-5-9-16-29)40(28-41)45-25-30-17-10-6-11-18-30/h5-13,15-20,22-23,28,32-33H,2-4,14,21,24-27H2,1H3,(H,38,42)(H,39,43)/t32-,33-/m1/s1. The summed E-state index contributed by atoms with van der Waals surface area (Å²) in [6, 6.07) is 31.3. The topological polar surface area (TPSA) is 110 Å². The van der Waals surface area contributed by atoms with Crippen molar-refractivity contribution in [2.45, 2.75) is 58.3 Å². The maximum absolute atomic E-state index is 13.7. The first-order valence-corrected chi connectivity index (χ1v) is 15.8. The molecule has 242 valence electrons. The van der Waals surface area contributed by atoms with Crippen LogP contribution < -0.4 is 10.6 Å². The van der Waals surface area contributed by atoms with Crippen molar-refractivity contribution in [3.05, 3.63) is 120 Å². The second-order valence-corrected chi connectivity index (χ2v) is 11.0. The number of nitrogens with one attached hydrogen (secondary N) is 2. The minimum atomic E-state index is -0.708. The van der Waals surface area contributed by atoms with Crippen LogP contribution in [0.3, 0.4) is 0 Å². The molecule has 9 heteroatoms. The lowest BCUT2D eigenvalue weighted by atomic mass is 9.92. The zero-order chi connectivity index (χ0) is 32.4. The summed E-state index contributed by atoms with van der Waals surface area (Å²) in [6.07, 6.45) is 4.93. The Balaban J connectivity index is 1.44. The molecule has 9 nitrogen and oxygen atoms in total. The van der Waals surface area contributed by atoms with Crippen molar-refractivity contribution < 1.29 is 28.4 Å². The van der Waals surface area contributed by atoms with Crippen molar-refractivity contribution in [2.75, 3.05) is 13.3 Å². The van der Waals surface area contributed by atoms with Gasteiger partial charge in [-0.05, 0) is 29.7 Å². The second-order valence-electron chi connectivity index (χ2n) is 11.0. The van der Waals surface area contributed by atoms with E-state index in [1.807, 2.05) is 91.0 Å². The van der Waals surface area contributed by atoms with Gasteiger partial charge in [0.2, 0.25) is 12.3 Å². The van der Waals surface area contributed by atoms with E-state index in [4.69, 9.17) is 14.0 Å². The van der Waals surface area contributed by atoms with E-state index in [0.29, 0.717) is 25.2 Å². The molecule has 3 aromatic carbocycles. The van der Waals surface area contributed by atoms with Crippen LogP contribution in [0.4, 0.5) is 0 Å². The molecule has 0 saturated heterocycles. The van der Waals surface area contributed by atoms with Crippen LogP contribution in [0.5, 0.6) is 0 Å². The first-order valence-electron chi connectivity index (χ1n) is 15.8. The minimum absolute atomic E-state index is 0.0787. The first kappa shape index (κ1) is 34.1. The third-order valence-electron chi connectivity index (χ3n) is 7.62. The van der Waals surface area contributed by atoms with Crippen LogP contribution in [0, 0.1) is 5.92 Å². The molecule has 1 heterocycles. The Bertz CT molecular complexity index is 1460. The number of carbonyl (C=O) groups is 3. The van der Waals surface area contributed by atoms with Crippen LogP contribution >= 0.6 is 0 Å². The molecule has 0 aliphatic heterocycles. The fourth-order valence-corrected chi connectivity index (χ4v) is 5.10.